The van der Waals surface area contributed by atoms with E-state index in [0.717, 1.165) is 16.8 Å². The number of benzene rings is 2. The summed E-state index contributed by atoms with van der Waals surface area (Å²) in [4.78, 5) is 0. The van der Waals surface area contributed by atoms with Crippen molar-refractivity contribution >= 4 is 11.3 Å². The number of anilines is 1. The van der Waals surface area contributed by atoms with Crippen LogP contribution in [0.4, 0.5) is 5.69 Å². The molecule has 0 saturated heterocycles. The van der Waals surface area contributed by atoms with E-state index in [2.05, 4.69) is 25.9 Å². The van der Waals surface area contributed by atoms with Gasteiger partial charge in [-0.15, -0.1) is 10.2 Å². The van der Waals surface area contributed by atoms with E-state index in [4.69, 9.17) is 4.74 Å². The lowest BCUT2D eigenvalue weighted by Crippen LogP contribution is -1.99. The van der Waals surface area contributed by atoms with Gasteiger partial charge in [0.2, 0.25) is 5.82 Å². The molecule has 0 saturated carbocycles. The monoisotopic (exact) mass is 332 g/mol. The van der Waals surface area contributed by atoms with E-state index in [1.54, 1.807) is 0 Å². The maximum absolute atomic E-state index is 9.27. The first kappa shape index (κ1) is 16.2. The molecular weight excluding hydrogens is 316 g/mol. The summed E-state index contributed by atoms with van der Waals surface area (Å²) < 4.78 is 5.66. The number of hydrogen-bond acceptors (Lipinski definition) is 6. The van der Waals surface area contributed by atoms with E-state index in [9.17, 15) is 5.26 Å². The van der Waals surface area contributed by atoms with E-state index >= 15 is 0 Å². The van der Waals surface area contributed by atoms with Crippen molar-refractivity contribution in [2.75, 3.05) is 11.9 Å². The number of aromatic amines is 1. The van der Waals surface area contributed by atoms with Crippen LogP contribution in [0.1, 0.15) is 12.7 Å². The number of tetrazole rings is 1. The second kappa shape index (κ2) is 7.75. The molecule has 0 aliphatic heterocycles. The van der Waals surface area contributed by atoms with Gasteiger partial charge in [0.15, 0.2) is 0 Å². The average Bonchev–Trinajstić information content (AvgIpc) is 3.19. The van der Waals surface area contributed by atoms with Gasteiger partial charge in [-0.2, -0.15) is 10.5 Å². The Morgan fingerprint density at radius 3 is 2.76 bits per heavy atom. The van der Waals surface area contributed by atoms with Crippen molar-refractivity contribution in [2.24, 2.45) is 0 Å². The second-order valence-electron chi connectivity index (χ2n) is 5.06. The number of H-pyrrole nitrogens is 1. The molecule has 7 heteroatoms. The first-order chi connectivity index (χ1) is 12.3. The van der Waals surface area contributed by atoms with Gasteiger partial charge >= 0.3 is 0 Å². The zero-order valence-corrected chi connectivity index (χ0v) is 13.6. The van der Waals surface area contributed by atoms with Crippen LogP contribution in [0.15, 0.2) is 54.7 Å². The van der Waals surface area contributed by atoms with Gasteiger partial charge in [-0.1, -0.05) is 36.4 Å². The molecule has 0 unspecified atom stereocenters. The standard InChI is InChI=1S/C18H16N6O/c1-2-25-17-9-8-14(13-6-4-3-5-7-13)10-16(17)20-12-15(11-19)18-21-23-24-22-18/h3-10,12,20H,2H2,1H3,(H,21,22,23,24). The number of aromatic nitrogens is 4. The fourth-order valence-corrected chi connectivity index (χ4v) is 2.31. The van der Waals surface area contributed by atoms with Gasteiger partial charge in [-0.3, -0.25) is 0 Å². The summed E-state index contributed by atoms with van der Waals surface area (Å²) in [5, 5.41) is 25.8. The Morgan fingerprint density at radius 2 is 2.08 bits per heavy atom. The highest BCUT2D eigenvalue weighted by molar-refractivity contribution is 5.77. The van der Waals surface area contributed by atoms with Crippen LogP contribution in [-0.4, -0.2) is 27.2 Å². The molecule has 0 aliphatic carbocycles. The second-order valence-corrected chi connectivity index (χ2v) is 5.06. The average molecular weight is 332 g/mol. The van der Waals surface area contributed by atoms with Crippen molar-refractivity contribution in [2.45, 2.75) is 6.92 Å². The van der Waals surface area contributed by atoms with Crippen LogP contribution in [0.25, 0.3) is 16.7 Å². The molecule has 0 atom stereocenters. The van der Waals surface area contributed by atoms with Gasteiger partial charge in [-0.05, 0) is 35.4 Å². The first-order valence-electron chi connectivity index (χ1n) is 7.74. The zero-order valence-electron chi connectivity index (χ0n) is 13.6. The van der Waals surface area contributed by atoms with Crippen LogP contribution >= 0.6 is 0 Å². The van der Waals surface area contributed by atoms with E-state index in [0.29, 0.717) is 12.4 Å². The predicted octanol–water partition coefficient (Wildman–Crippen LogP) is 3.24. The molecule has 0 aliphatic rings. The van der Waals surface area contributed by atoms with Crippen LogP contribution in [-0.2, 0) is 0 Å². The Hall–Kier alpha value is -3.66. The van der Waals surface area contributed by atoms with Gasteiger partial charge in [-0.25, -0.2) is 0 Å². The Morgan fingerprint density at radius 1 is 1.24 bits per heavy atom. The van der Waals surface area contributed by atoms with Gasteiger partial charge in [0.1, 0.15) is 17.4 Å². The fraction of sp³-hybridized carbons (Fsp3) is 0.111. The summed E-state index contributed by atoms with van der Waals surface area (Å²) in [7, 11) is 0. The molecule has 3 rings (SSSR count). The van der Waals surface area contributed by atoms with Gasteiger partial charge < -0.3 is 10.1 Å². The third-order valence-corrected chi connectivity index (χ3v) is 3.47. The SMILES string of the molecule is CCOc1ccc(-c2ccccc2)cc1NC=C(C#N)c1nn[nH]n1. The van der Waals surface area contributed by atoms with Crippen molar-refractivity contribution < 1.29 is 4.74 Å². The van der Waals surface area contributed by atoms with E-state index < -0.39 is 0 Å². The number of nitrogens with one attached hydrogen (secondary N) is 2. The number of nitrogens with zero attached hydrogens (tertiary/aromatic N) is 4. The van der Waals surface area contributed by atoms with E-state index in [1.807, 2.05) is 61.5 Å². The third kappa shape index (κ3) is 3.82. The lowest BCUT2D eigenvalue weighted by Gasteiger charge is -2.12. The third-order valence-electron chi connectivity index (χ3n) is 3.47. The lowest BCUT2D eigenvalue weighted by molar-refractivity contribution is 0.342. The topological polar surface area (TPSA) is 99.5 Å². The summed E-state index contributed by atoms with van der Waals surface area (Å²) in [5.41, 5.74) is 3.15. The molecule has 2 N–H and O–H groups in total. The highest BCUT2D eigenvalue weighted by atomic mass is 16.5. The summed E-state index contributed by atoms with van der Waals surface area (Å²) in [6.07, 6.45) is 1.54. The van der Waals surface area contributed by atoms with Crippen molar-refractivity contribution in [3.8, 4) is 22.9 Å². The quantitative estimate of drug-likeness (QED) is 0.672. The summed E-state index contributed by atoms with van der Waals surface area (Å²) in [5.74, 6) is 0.927. The molecular formula is C18H16N6O. The summed E-state index contributed by atoms with van der Waals surface area (Å²) in [6.45, 7) is 2.46. The smallest absolute Gasteiger partial charge is 0.216 e. The number of ether oxygens (including phenoxy) is 1. The molecule has 0 bridgehead atoms. The summed E-state index contributed by atoms with van der Waals surface area (Å²) in [6, 6.07) is 18.0. The molecule has 0 fully saturated rings. The van der Waals surface area contributed by atoms with E-state index in [-0.39, 0.29) is 11.4 Å². The Balaban J connectivity index is 1.94. The first-order valence-corrected chi connectivity index (χ1v) is 7.74. The van der Waals surface area contributed by atoms with E-state index in [1.165, 1.54) is 6.20 Å². The van der Waals surface area contributed by atoms with Gasteiger partial charge in [0, 0.05) is 6.20 Å². The number of hydrogen-bond donors (Lipinski definition) is 2. The molecule has 124 valence electrons. The predicted molar refractivity (Wildman–Crippen MR) is 94.4 cm³/mol. The molecule has 3 aromatic rings. The largest absolute Gasteiger partial charge is 0.492 e. The minimum atomic E-state index is 0.229. The van der Waals surface area contributed by atoms with Crippen molar-refractivity contribution in [3.05, 3.63) is 60.6 Å². The van der Waals surface area contributed by atoms with Crippen molar-refractivity contribution in [1.82, 2.24) is 20.6 Å². The van der Waals surface area contributed by atoms with Crippen molar-refractivity contribution in [1.29, 1.82) is 5.26 Å². The minimum Gasteiger partial charge on any atom is -0.492 e. The maximum atomic E-state index is 9.27. The normalized spacial score (nSPS) is 11.0. The van der Waals surface area contributed by atoms with Crippen LogP contribution in [0, 0.1) is 11.3 Å². The summed E-state index contributed by atoms with van der Waals surface area (Å²) >= 11 is 0. The van der Waals surface area contributed by atoms with Crippen LogP contribution < -0.4 is 10.1 Å². The fourth-order valence-electron chi connectivity index (χ4n) is 2.31. The molecule has 0 spiro atoms. The minimum absolute atomic E-state index is 0.229. The Labute approximate surface area is 145 Å². The van der Waals surface area contributed by atoms with Gasteiger partial charge in [0.05, 0.1) is 12.3 Å². The maximum Gasteiger partial charge on any atom is 0.216 e. The zero-order chi connectivity index (χ0) is 17.5. The lowest BCUT2D eigenvalue weighted by atomic mass is 10.0. The number of rotatable bonds is 6. The molecule has 25 heavy (non-hydrogen) atoms. The molecule has 0 radical (unpaired) electrons. The van der Waals surface area contributed by atoms with Crippen molar-refractivity contribution in [3.63, 3.8) is 0 Å². The number of allylic oxidation sites excluding steroid dienone is 1. The van der Waals surface area contributed by atoms with Crippen LogP contribution in [0.5, 0.6) is 5.75 Å². The molecule has 7 nitrogen and oxygen atoms in total. The van der Waals surface area contributed by atoms with Gasteiger partial charge in [0.25, 0.3) is 0 Å². The highest BCUT2D eigenvalue weighted by Crippen LogP contribution is 2.31. The Kier molecular flexibility index (Phi) is 5.02. The highest BCUT2D eigenvalue weighted by Gasteiger charge is 2.09. The molecule has 1 heterocycles. The Bertz CT molecular complexity index is 897. The molecule has 0 amide bonds. The molecule has 2 aromatic carbocycles. The van der Waals surface area contributed by atoms with Crippen LogP contribution in [0.3, 0.4) is 0 Å². The number of nitriles is 1. The van der Waals surface area contributed by atoms with Crippen LogP contribution in [0.2, 0.25) is 0 Å². The molecule has 1 aromatic heterocycles.